The lowest BCUT2D eigenvalue weighted by atomic mass is 10.0. The van der Waals surface area contributed by atoms with Gasteiger partial charge in [-0.25, -0.2) is 0 Å². The number of carboxylic acids is 1. The number of carboxylic acid groups (broad SMARTS) is 1. The van der Waals surface area contributed by atoms with Crippen molar-refractivity contribution in [1.29, 1.82) is 0 Å². The highest BCUT2D eigenvalue weighted by Gasteiger charge is 2.32. The third-order valence-corrected chi connectivity index (χ3v) is 4.27. The molecule has 5 nitrogen and oxygen atoms in total. The van der Waals surface area contributed by atoms with Crippen molar-refractivity contribution < 1.29 is 9.90 Å². The molecule has 0 aromatic rings. The standard InChI is InChI=1S/C11H23N3O2S.2ClH/c1-4-9(6-14-8(3)12)17-7-11(13,5-2)10(15)16;;/h9H,4-7,13H2,1-3H3,(H2,12,14)(H,15,16);2*1H/t9?,11-;;/m0../s1. The van der Waals surface area contributed by atoms with Gasteiger partial charge in [0.2, 0.25) is 0 Å². The number of halogens is 2. The van der Waals surface area contributed by atoms with Crippen molar-refractivity contribution in [3.63, 3.8) is 0 Å². The zero-order valence-electron chi connectivity index (χ0n) is 11.6. The Morgan fingerprint density at radius 2 is 1.95 bits per heavy atom. The zero-order chi connectivity index (χ0) is 13.5. The summed E-state index contributed by atoms with van der Waals surface area (Å²) in [7, 11) is 0. The van der Waals surface area contributed by atoms with Crippen LogP contribution in [0.2, 0.25) is 0 Å². The van der Waals surface area contributed by atoms with Crippen LogP contribution in [-0.2, 0) is 4.79 Å². The number of aliphatic imine (C=N–C) groups is 1. The second kappa shape index (κ2) is 11.6. The molecule has 8 heteroatoms. The highest BCUT2D eigenvalue weighted by molar-refractivity contribution is 8.00. The van der Waals surface area contributed by atoms with Gasteiger partial charge in [-0.1, -0.05) is 13.8 Å². The van der Waals surface area contributed by atoms with Crippen molar-refractivity contribution in [3.05, 3.63) is 0 Å². The van der Waals surface area contributed by atoms with Crippen LogP contribution < -0.4 is 11.5 Å². The Morgan fingerprint density at radius 3 is 2.26 bits per heavy atom. The smallest absolute Gasteiger partial charge is 0.324 e. The van der Waals surface area contributed by atoms with Crippen LogP contribution in [0.25, 0.3) is 0 Å². The van der Waals surface area contributed by atoms with Crippen molar-refractivity contribution in [1.82, 2.24) is 0 Å². The number of rotatable bonds is 8. The molecule has 0 aliphatic carbocycles. The second-order valence-corrected chi connectivity index (χ2v) is 5.43. The van der Waals surface area contributed by atoms with Crippen molar-refractivity contribution in [2.45, 2.75) is 44.4 Å². The number of hydrogen-bond donors (Lipinski definition) is 3. The predicted molar refractivity (Wildman–Crippen MR) is 88.0 cm³/mol. The van der Waals surface area contributed by atoms with E-state index in [0.29, 0.717) is 24.6 Å². The number of hydrogen-bond acceptors (Lipinski definition) is 4. The van der Waals surface area contributed by atoms with Crippen LogP contribution in [-0.4, -0.2) is 40.0 Å². The average molecular weight is 334 g/mol. The van der Waals surface area contributed by atoms with E-state index in [1.807, 2.05) is 6.92 Å². The van der Waals surface area contributed by atoms with Crippen LogP contribution in [0.3, 0.4) is 0 Å². The molecule has 0 saturated carbocycles. The van der Waals surface area contributed by atoms with Gasteiger partial charge in [0.1, 0.15) is 5.54 Å². The third kappa shape index (κ3) is 9.38. The normalized spacial score (nSPS) is 15.7. The van der Waals surface area contributed by atoms with Crippen LogP contribution in [0.1, 0.15) is 33.6 Å². The molecule has 0 rings (SSSR count). The molecule has 0 amide bonds. The van der Waals surface area contributed by atoms with Crippen LogP contribution in [0.5, 0.6) is 0 Å². The summed E-state index contributed by atoms with van der Waals surface area (Å²) >= 11 is 1.55. The van der Waals surface area contributed by atoms with Gasteiger partial charge in [0.25, 0.3) is 0 Å². The topological polar surface area (TPSA) is 102 Å². The molecule has 1 unspecified atom stereocenters. The van der Waals surface area contributed by atoms with Crippen LogP contribution in [0, 0.1) is 0 Å². The Kier molecular flexibility index (Phi) is 14.6. The Morgan fingerprint density at radius 1 is 1.42 bits per heavy atom. The van der Waals surface area contributed by atoms with Gasteiger partial charge in [-0.15, -0.1) is 24.8 Å². The molecule has 19 heavy (non-hydrogen) atoms. The largest absolute Gasteiger partial charge is 0.480 e. The first-order valence-electron chi connectivity index (χ1n) is 5.76. The molecule has 0 radical (unpaired) electrons. The number of nitrogens with two attached hydrogens (primary N) is 2. The fourth-order valence-corrected chi connectivity index (χ4v) is 2.40. The second-order valence-electron chi connectivity index (χ2n) is 4.14. The molecule has 0 heterocycles. The zero-order valence-corrected chi connectivity index (χ0v) is 14.0. The van der Waals surface area contributed by atoms with Gasteiger partial charge in [0.05, 0.1) is 12.4 Å². The van der Waals surface area contributed by atoms with E-state index in [0.717, 1.165) is 6.42 Å². The van der Waals surface area contributed by atoms with Crippen LogP contribution in [0.15, 0.2) is 4.99 Å². The summed E-state index contributed by atoms with van der Waals surface area (Å²) in [5, 5.41) is 9.32. The molecule has 0 aromatic carbocycles. The maximum atomic E-state index is 11.0. The van der Waals surface area contributed by atoms with E-state index in [2.05, 4.69) is 4.99 Å². The number of amidine groups is 1. The molecule has 5 N–H and O–H groups in total. The molecule has 0 aromatic heterocycles. The molecule has 0 aliphatic heterocycles. The van der Waals surface area contributed by atoms with E-state index in [4.69, 9.17) is 16.6 Å². The first-order valence-corrected chi connectivity index (χ1v) is 6.81. The number of thioether (sulfide) groups is 1. The molecule has 0 aliphatic rings. The van der Waals surface area contributed by atoms with Crippen molar-refractivity contribution in [3.8, 4) is 0 Å². The Hall–Kier alpha value is -0.170. The number of aliphatic carboxylic acids is 1. The fourth-order valence-electron chi connectivity index (χ4n) is 1.13. The van der Waals surface area contributed by atoms with E-state index in [1.165, 1.54) is 0 Å². The Balaban J connectivity index is -0.00000128. The van der Waals surface area contributed by atoms with Crippen molar-refractivity contribution in [2.75, 3.05) is 12.3 Å². The minimum atomic E-state index is -1.14. The van der Waals surface area contributed by atoms with Gasteiger partial charge in [-0.2, -0.15) is 11.8 Å². The van der Waals surface area contributed by atoms with Gasteiger partial charge in [0.15, 0.2) is 0 Å². The van der Waals surface area contributed by atoms with Crippen LogP contribution in [0.4, 0.5) is 0 Å². The van der Waals surface area contributed by atoms with Gasteiger partial charge >= 0.3 is 5.97 Å². The van der Waals surface area contributed by atoms with Crippen LogP contribution >= 0.6 is 36.6 Å². The van der Waals surface area contributed by atoms with E-state index in [1.54, 1.807) is 25.6 Å². The quantitative estimate of drug-likeness (QED) is 0.465. The summed E-state index contributed by atoms with van der Waals surface area (Å²) in [6.07, 6.45) is 1.34. The first kappa shape index (κ1) is 23.9. The molecule has 0 fully saturated rings. The Labute approximate surface area is 131 Å². The van der Waals surface area contributed by atoms with E-state index in [9.17, 15) is 4.79 Å². The minimum Gasteiger partial charge on any atom is -0.480 e. The summed E-state index contributed by atoms with van der Waals surface area (Å²) in [5.41, 5.74) is 10.2. The van der Waals surface area contributed by atoms with Gasteiger partial charge in [-0.05, 0) is 19.8 Å². The highest BCUT2D eigenvalue weighted by atomic mass is 35.5. The van der Waals surface area contributed by atoms with Crippen molar-refractivity contribution in [2.24, 2.45) is 16.5 Å². The summed E-state index contributed by atoms with van der Waals surface area (Å²) in [6.45, 7) is 6.19. The lowest BCUT2D eigenvalue weighted by Gasteiger charge is -2.24. The lowest BCUT2D eigenvalue weighted by molar-refractivity contribution is -0.142. The summed E-state index contributed by atoms with van der Waals surface area (Å²) in [4.78, 5) is 15.2. The SMILES string of the molecule is CCC(CN=C(C)N)SC[C@@](N)(CC)C(=O)O.Cl.Cl. The monoisotopic (exact) mass is 333 g/mol. The number of carbonyl (C=O) groups is 1. The van der Waals surface area contributed by atoms with E-state index < -0.39 is 11.5 Å². The van der Waals surface area contributed by atoms with Gasteiger partial charge in [-0.3, -0.25) is 9.79 Å². The predicted octanol–water partition coefficient (Wildman–Crippen LogP) is 1.91. The maximum Gasteiger partial charge on any atom is 0.324 e. The van der Waals surface area contributed by atoms with E-state index in [-0.39, 0.29) is 30.1 Å². The first-order chi connectivity index (χ1) is 7.85. The summed E-state index contributed by atoms with van der Waals surface area (Å²) in [6, 6.07) is 0. The summed E-state index contributed by atoms with van der Waals surface area (Å²) < 4.78 is 0. The van der Waals surface area contributed by atoms with Crippen molar-refractivity contribution >= 4 is 48.4 Å². The average Bonchev–Trinajstić information content (AvgIpc) is 2.28. The fraction of sp³-hybridized carbons (Fsp3) is 0.818. The number of nitrogens with zero attached hydrogens (tertiary/aromatic N) is 1. The molecule has 0 spiro atoms. The minimum absolute atomic E-state index is 0. The highest BCUT2D eigenvalue weighted by Crippen LogP contribution is 2.21. The third-order valence-electron chi connectivity index (χ3n) is 2.63. The lowest BCUT2D eigenvalue weighted by Crippen LogP contribution is -2.50. The van der Waals surface area contributed by atoms with Gasteiger partial charge < -0.3 is 16.6 Å². The molecule has 0 saturated heterocycles. The molecule has 0 bridgehead atoms. The maximum absolute atomic E-state index is 11.0. The Bertz CT molecular complexity index is 289. The molecule has 2 atom stereocenters. The molecular formula is C11H25Cl2N3O2S. The summed E-state index contributed by atoms with van der Waals surface area (Å²) in [5.74, 6) is 0.00822. The molecule has 116 valence electrons. The van der Waals surface area contributed by atoms with Gasteiger partial charge in [0, 0.05) is 11.0 Å². The van der Waals surface area contributed by atoms with E-state index >= 15 is 0 Å². The molecular weight excluding hydrogens is 309 g/mol.